The van der Waals surface area contributed by atoms with Gasteiger partial charge in [-0.05, 0) is 44.7 Å². The van der Waals surface area contributed by atoms with Gasteiger partial charge in [-0.25, -0.2) is 0 Å². The van der Waals surface area contributed by atoms with E-state index in [1.807, 2.05) is 0 Å². The van der Waals surface area contributed by atoms with Crippen LogP contribution in [0.4, 0.5) is 0 Å². The predicted octanol–water partition coefficient (Wildman–Crippen LogP) is 5.03. The molecule has 0 heterocycles. The summed E-state index contributed by atoms with van der Waals surface area (Å²) in [5.41, 5.74) is 1.38. The van der Waals surface area contributed by atoms with Crippen LogP contribution in [0.25, 0.3) is 0 Å². The van der Waals surface area contributed by atoms with Gasteiger partial charge < -0.3 is 5.32 Å². The van der Waals surface area contributed by atoms with E-state index in [9.17, 15) is 0 Å². The molecule has 19 heavy (non-hydrogen) atoms. The number of nitrogens with one attached hydrogen (secondary N) is 1. The van der Waals surface area contributed by atoms with Crippen molar-refractivity contribution in [2.45, 2.75) is 45.6 Å². The molecule has 0 amide bonds. The predicted molar refractivity (Wildman–Crippen MR) is 85.3 cm³/mol. The molecule has 104 valence electrons. The summed E-state index contributed by atoms with van der Waals surface area (Å²) in [6.07, 6.45) is 13.5. The third-order valence-electron chi connectivity index (χ3n) is 3.12. The van der Waals surface area contributed by atoms with Crippen molar-refractivity contribution >= 4 is 0 Å². The van der Waals surface area contributed by atoms with E-state index in [0.29, 0.717) is 6.04 Å². The lowest BCUT2D eigenvalue weighted by atomic mass is 10.0. The first-order valence-electron chi connectivity index (χ1n) is 7.43. The zero-order chi connectivity index (χ0) is 13.8. The van der Waals surface area contributed by atoms with Crippen molar-refractivity contribution in [2.75, 3.05) is 6.54 Å². The number of benzene rings is 1. The molecule has 0 spiro atoms. The Balaban J connectivity index is 2.46. The molecule has 1 N–H and O–H groups in total. The van der Waals surface area contributed by atoms with Crippen LogP contribution >= 0.6 is 0 Å². The SMILES string of the molecule is CC=CCCC=CCC(NCCC)c1ccccc1. The van der Waals surface area contributed by atoms with E-state index in [4.69, 9.17) is 0 Å². The van der Waals surface area contributed by atoms with Crippen molar-refractivity contribution in [3.8, 4) is 0 Å². The van der Waals surface area contributed by atoms with Gasteiger partial charge in [0.25, 0.3) is 0 Å². The Labute approximate surface area is 118 Å². The summed E-state index contributed by atoms with van der Waals surface area (Å²) in [5.74, 6) is 0. The van der Waals surface area contributed by atoms with Crippen LogP contribution in [0.5, 0.6) is 0 Å². The highest BCUT2D eigenvalue weighted by atomic mass is 14.9. The molecule has 1 rings (SSSR count). The fourth-order valence-corrected chi connectivity index (χ4v) is 2.05. The second kappa shape index (κ2) is 10.6. The normalized spacial score (nSPS) is 13.4. The van der Waals surface area contributed by atoms with E-state index in [1.54, 1.807) is 0 Å². The maximum Gasteiger partial charge on any atom is 0.0354 e. The summed E-state index contributed by atoms with van der Waals surface area (Å²) in [4.78, 5) is 0. The van der Waals surface area contributed by atoms with E-state index < -0.39 is 0 Å². The molecule has 1 aromatic carbocycles. The molecule has 0 saturated heterocycles. The molecule has 0 aromatic heterocycles. The highest BCUT2D eigenvalue weighted by Crippen LogP contribution is 2.17. The van der Waals surface area contributed by atoms with Crippen LogP contribution in [0.15, 0.2) is 54.6 Å². The third kappa shape index (κ3) is 6.97. The molecule has 0 fully saturated rings. The average Bonchev–Trinajstić information content (AvgIpc) is 2.46. The largest absolute Gasteiger partial charge is 0.310 e. The molecule has 1 nitrogen and oxygen atoms in total. The molecule has 0 aliphatic carbocycles. The van der Waals surface area contributed by atoms with Crippen LogP contribution in [0.2, 0.25) is 0 Å². The van der Waals surface area contributed by atoms with Gasteiger partial charge in [-0.2, -0.15) is 0 Å². The van der Waals surface area contributed by atoms with Crippen LogP contribution in [-0.4, -0.2) is 6.54 Å². The number of hydrogen-bond donors (Lipinski definition) is 1. The maximum atomic E-state index is 3.62. The zero-order valence-corrected chi connectivity index (χ0v) is 12.3. The first-order chi connectivity index (χ1) is 9.38. The van der Waals surface area contributed by atoms with Gasteiger partial charge in [-0.1, -0.05) is 61.6 Å². The lowest BCUT2D eigenvalue weighted by Crippen LogP contribution is -2.21. The van der Waals surface area contributed by atoms with Gasteiger partial charge in [-0.3, -0.25) is 0 Å². The molecular weight excluding hydrogens is 230 g/mol. The smallest absolute Gasteiger partial charge is 0.0354 e. The van der Waals surface area contributed by atoms with Crippen molar-refractivity contribution in [1.82, 2.24) is 5.32 Å². The summed E-state index contributed by atoms with van der Waals surface area (Å²) < 4.78 is 0. The van der Waals surface area contributed by atoms with Gasteiger partial charge in [0, 0.05) is 6.04 Å². The molecule has 1 heteroatoms. The van der Waals surface area contributed by atoms with Crippen LogP contribution in [-0.2, 0) is 0 Å². The summed E-state index contributed by atoms with van der Waals surface area (Å²) in [7, 11) is 0. The van der Waals surface area contributed by atoms with Crippen molar-refractivity contribution in [2.24, 2.45) is 0 Å². The first kappa shape index (κ1) is 15.7. The van der Waals surface area contributed by atoms with Crippen molar-refractivity contribution in [1.29, 1.82) is 0 Å². The van der Waals surface area contributed by atoms with Gasteiger partial charge in [0.15, 0.2) is 0 Å². The van der Waals surface area contributed by atoms with E-state index >= 15 is 0 Å². The summed E-state index contributed by atoms with van der Waals surface area (Å²) in [6.45, 7) is 5.36. The van der Waals surface area contributed by atoms with Crippen LogP contribution in [0.3, 0.4) is 0 Å². The minimum absolute atomic E-state index is 0.444. The third-order valence-corrected chi connectivity index (χ3v) is 3.12. The van der Waals surface area contributed by atoms with Crippen molar-refractivity contribution < 1.29 is 0 Å². The fourth-order valence-electron chi connectivity index (χ4n) is 2.05. The Kier molecular flexibility index (Phi) is 8.74. The molecule has 0 aliphatic rings. The molecule has 0 bridgehead atoms. The molecule has 0 radical (unpaired) electrons. The Hall–Kier alpha value is -1.34. The molecule has 1 unspecified atom stereocenters. The Bertz CT molecular complexity index is 365. The second-order valence-corrected chi connectivity index (χ2v) is 4.77. The molecule has 1 aromatic rings. The first-order valence-corrected chi connectivity index (χ1v) is 7.43. The lowest BCUT2D eigenvalue weighted by Gasteiger charge is -2.17. The Morgan fingerprint density at radius 1 is 1.05 bits per heavy atom. The van der Waals surface area contributed by atoms with Crippen LogP contribution in [0, 0.1) is 0 Å². The molecule has 1 atom stereocenters. The van der Waals surface area contributed by atoms with E-state index in [-0.39, 0.29) is 0 Å². The van der Waals surface area contributed by atoms with E-state index in [1.165, 1.54) is 12.0 Å². The Morgan fingerprint density at radius 2 is 1.79 bits per heavy atom. The highest BCUT2D eigenvalue weighted by molar-refractivity contribution is 5.19. The highest BCUT2D eigenvalue weighted by Gasteiger charge is 2.07. The number of hydrogen-bond acceptors (Lipinski definition) is 1. The van der Waals surface area contributed by atoms with Gasteiger partial charge in [0.1, 0.15) is 0 Å². The summed E-state index contributed by atoms with van der Waals surface area (Å²) in [5, 5.41) is 3.62. The number of unbranched alkanes of at least 4 members (excludes halogenated alkanes) is 1. The monoisotopic (exact) mass is 257 g/mol. The van der Waals surface area contributed by atoms with E-state index in [0.717, 1.165) is 25.8 Å². The van der Waals surface area contributed by atoms with Gasteiger partial charge >= 0.3 is 0 Å². The van der Waals surface area contributed by atoms with E-state index in [2.05, 4.69) is 73.8 Å². The standard InChI is InChI=1S/C18H27N/c1-3-5-6-7-8-12-15-18(19-16-4-2)17-13-10-9-11-14-17/h3,5,8-14,18-19H,4,6-7,15-16H2,1-2H3. The number of allylic oxidation sites excluding steroid dienone is 3. The second-order valence-electron chi connectivity index (χ2n) is 4.77. The quantitative estimate of drug-likeness (QED) is 0.483. The zero-order valence-electron chi connectivity index (χ0n) is 12.3. The van der Waals surface area contributed by atoms with Gasteiger partial charge in [0.2, 0.25) is 0 Å². The van der Waals surface area contributed by atoms with Crippen LogP contribution < -0.4 is 5.32 Å². The Morgan fingerprint density at radius 3 is 2.47 bits per heavy atom. The fraction of sp³-hybridized carbons (Fsp3) is 0.444. The van der Waals surface area contributed by atoms with Gasteiger partial charge in [-0.15, -0.1) is 0 Å². The summed E-state index contributed by atoms with van der Waals surface area (Å²) in [6, 6.07) is 11.2. The maximum absolute atomic E-state index is 3.62. The topological polar surface area (TPSA) is 12.0 Å². The van der Waals surface area contributed by atoms with Crippen molar-refractivity contribution in [3.63, 3.8) is 0 Å². The average molecular weight is 257 g/mol. The molecular formula is C18H27N. The van der Waals surface area contributed by atoms with Crippen LogP contribution in [0.1, 0.15) is 51.1 Å². The van der Waals surface area contributed by atoms with Crippen molar-refractivity contribution in [3.05, 3.63) is 60.2 Å². The molecule has 0 aliphatic heterocycles. The number of rotatable bonds is 9. The van der Waals surface area contributed by atoms with Gasteiger partial charge in [0.05, 0.1) is 0 Å². The summed E-state index contributed by atoms with van der Waals surface area (Å²) >= 11 is 0. The lowest BCUT2D eigenvalue weighted by molar-refractivity contribution is 0.536. The molecule has 0 saturated carbocycles. The minimum atomic E-state index is 0.444. The minimum Gasteiger partial charge on any atom is -0.310 e.